The van der Waals surface area contributed by atoms with Gasteiger partial charge < -0.3 is 9.66 Å². The van der Waals surface area contributed by atoms with Crippen molar-refractivity contribution in [3.8, 4) is 0 Å². The second-order valence-corrected chi connectivity index (χ2v) is 9.66. The molecule has 1 aliphatic rings. The van der Waals surface area contributed by atoms with Crippen LogP contribution in [0.3, 0.4) is 0 Å². The topological polar surface area (TPSA) is 68.2 Å². The predicted molar refractivity (Wildman–Crippen MR) is 91.4 cm³/mol. The number of aromatic nitrogens is 1. The van der Waals surface area contributed by atoms with Gasteiger partial charge in [-0.15, -0.1) is 4.72 Å². The smallest absolute Gasteiger partial charge is 0.248 e. The van der Waals surface area contributed by atoms with Gasteiger partial charge in [-0.25, -0.2) is 13.8 Å². The van der Waals surface area contributed by atoms with Crippen LogP contribution in [0.25, 0.3) is 0 Å². The molecule has 2 atom stereocenters. The fourth-order valence-corrected chi connectivity index (χ4v) is 3.73. The van der Waals surface area contributed by atoms with Gasteiger partial charge in [0, 0.05) is 24.2 Å². The summed E-state index contributed by atoms with van der Waals surface area (Å²) in [5.41, 5.74) is -1.06. The molecule has 4 nitrogen and oxygen atoms in total. The van der Waals surface area contributed by atoms with E-state index in [0.717, 1.165) is 0 Å². The minimum atomic E-state index is -2.78. The fraction of sp³-hybridized carbons (Fsp3) is 0.688. The maximum atomic E-state index is 13.5. The SMILES string of the molecule is CC(C)(C)[S@+]([O-])NC(c1cccc(Cl)n1)C1(O)CCC(F)(F)CC1. The summed E-state index contributed by atoms with van der Waals surface area (Å²) in [4.78, 5) is 4.19. The van der Waals surface area contributed by atoms with Gasteiger partial charge in [-0.05, 0) is 45.7 Å². The first kappa shape index (κ1) is 19.8. The van der Waals surface area contributed by atoms with Crippen molar-refractivity contribution < 1.29 is 18.4 Å². The van der Waals surface area contributed by atoms with Crippen LogP contribution in [0, 0.1) is 0 Å². The van der Waals surface area contributed by atoms with E-state index in [9.17, 15) is 18.4 Å². The number of halogens is 3. The monoisotopic (exact) mass is 380 g/mol. The van der Waals surface area contributed by atoms with Crippen molar-refractivity contribution in [2.75, 3.05) is 0 Å². The van der Waals surface area contributed by atoms with E-state index in [1.54, 1.807) is 39.0 Å². The lowest BCUT2D eigenvalue weighted by atomic mass is 9.77. The Morgan fingerprint density at radius 1 is 1.29 bits per heavy atom. The van der Waals surface area contributed by atoms with E-state index in [0.29, 0.717) is 5.69 Å². The Kier molecular flexibility index (Phi) is 5.82. The standard InChI is InChI=1S/C16H23ClF2N2O2S/c1-14(2,3)24(23)21-13(11-5-4-6-12(17)20-11)15(22)7-9-16(18,19)10-8-15/h4-6,13,21-22H,7-10H2,1-3H3/t13?,24-/m0/s1. The fourth-order valence-electron chi connectivity index (χ4n) is 2.65. The third-order valence-electron chi connectivity index (χ3n) is 4.20. The van der Waals surface area contributed by atoms with Crippen molar-refractivity contribution in [1.82, 2.24) is 9.71 Å². The normalized spacial score (nSPS) is 22.8. The number of rotatable bonds is 4. The van der Waals surface area contributed by atoms with Crippen molar-refractivity contribution in [2.24, 2.45) is 0 Å². The van der Waals surface area contributed by atoms with E-state index < -0.39 is 46.5 Å². The second kappa shape index (κ2) is 7.03. The highest BCUT2D eigenvalue weighted by Gasteiger charge is 2.49. The molecule has 0 aromatic carbocycles. The van der Waals surface area contributed by atoms with Crippen LogP contribution in [0.15, 0.2) is 18.2 Å². The highest BCUT2D eigenvalue weighted by Crippen LogP contribution is 2.44. The summed E-state index contributed by atoms with van der Waals surface area (Å²) < 4.78 is 41.8. The molecule has 1 aromatic heterocycles. The Morgan fingerprint density at radius 2 is 1.88 bits per heavy atom. The third kappa shape index (κ3) is 4.79. The highest BCUT2D eigenvalue weighted by atomic mass is 35.5. The molecule has 1 unspecified atom stereocenters. The van der Waals surface area contributed by atoms with Crippen LogP contribution >= 0.6 is 11.6 Å². The van der Waals surface area contributed by atoms with Gasteiger partial charge >= 0.3 is 0 Å². The Labute approximate surface area is 149 Å². The van der Waals surface area contributed by atoms with Crippen LogP contribution in [0.5, 0.6) is 0 Å². The van der Waals surface area contributed by atoms with Crippen LogP contribution in [0.4, 0.5) is 8.78 Å². The molecule has 0 spiro atoms. The summed E-state index contributed by atoms with van der Waals surface area (Å²) in [5, 5.41) is 11.2. The molecule has 1 heterocycles. The van der Waals surface area contributed by atoms with Gasteiger partial charge in [0.05, 0.1) is 11.3 Å². The number of pyridine rings is 1. The number of aliphatic hydroxyl groups is 1. The van der Waals surface area contributed by atoms with E-state index >= 15 is 0 Å². The first-order chi connectivity index (χ1) is 10.9. The minimum Gasteiger partial charge on any atom is -0.598 e. The van der Waals surface area contributed by atoms with E-state index in [-0.39, 0.29) is 18.0 Å². The van der Waals surface area contributed by atoms with Gasteiger partial charge in [-0.3, -0.25) is 0 Å². The summed E-state index contributed by atoms with van der Waals surface area (Å²) in [6.07, 6.45) is -1.03. The second-order valence-electron chi connectivity index (χ2n) is 7.28. The van der Waals surface area contributed by atoms with Crippen molar-refractivity contribution in [3.63, 3.8) is 0 Å². The van der Waals surface area contributed by atoms with Crippen LogP contribution in [0.1, 0.15) is 58.2 Å². The minimum absolute atomic E-state index is 0.104. The van der Waals surface area contributed by atoms with Crippen molar-refractivity contribution >= 4 is 23.0 Å². The number of hydrogen-bond donors (Lipinski definition) is 2. The van der Waals surface area contributed by atoms with Gasteiger partial charge in [0.15, 0.2) is 0 Å². The molecule has 136 valence electrons. The van der Waals surface area contributed by atoms with E-state index in [2.05, 4.69) is 9.71 Å². The Balaban J connectivity index is 2.32. The lowest BCUT2D eigenvalue weighted by molar-refractivity contribution is -0.115. The molecule has 2 rings (SSSR count). The summed E-state index contributed by atoms with van der Waals surface area (Å²) in [5.74, 6) is -2.78. The van der Waals surface area contributed by atoms with Crippen molar-refractivity contribution in [3.05, 3.63) is 29.0 Å². The van der Waals surface area contributed by atoms with Crippen LogP contribution in [0.2, 0.25) is 5.15 Å². The van der Waals surface area contributed by atoms with Crippen LogP contribution in [-0.4, -0.2) is 30.9 Å². The largest absolute Gasteiger partial charge is 0.598 e. The lowest BCUT2D eigenvalue weighted by Gasteiger charge is -2.42. The zero-order valence-electron chi connectivity index (χ0n) is 14.0. The summed E-state index contributed by atoms with van der Waals surface area (Å²) >= 11 is 4.43. The van der Waals surface area contributed by atoms with E-state index in [4.69, 9.17) is 11.6 Å². The number of nitrogens with one attached hydrogen (secondary N) is 1. The number of hydrogen-bond acceptors (Lipinski definition) is 4. The predicted octanol–water partition coefficient (Wildman–Crippen LogP) is 3.77. The first-order valence-electron chi connectivity index (χ1n) is 7.84. The number of alkyl halides is 2. The van der Waals surface area contributed by atoms with Crippen molar-refractivity contribution in [1.29, 1.82) is 0 Å². The molecule has 24 heavy (non-hydrogen) atoms. The molecule has 0 saturated heterocycles. The van der Waals surface area contributed by atoms with Crippen molar-refractivity contribution in [2.45, 2.75) is 68.8 Å². The summed E-state index contributed by atoms with van der Waals surface area (Å²) in [6.45, 7) is 5.37. The average Bonchev–Trinajstić information content (AvgIpc) is 2.47. The van der Waals surface area contributed by atoms with E-state index in [1.807, 2.05) is 0 Å². The van der Waals surface area contributed by atoms with Gasteiger partial charge in [0.25, 0.3) is 0 Å². The zero-order chi connectivity index (χ0) is 18.2. The average molecular weight is 381 g/mol. The molecule has 0 aliphatic heterocycles. The van der Waals surface area contributed by atoms with Gasteiger partial charge in [0.1, 0.15) is 15.9 Å². The molecule has 1 fully saturated rings. The first-order valence-corrected chi connectivity index (χ1v) is 9.36. The zero-order valence-corrected chi connectivity index (χ0v) is 15.6. The van der Waals surface area contributed by atoms with Crippen LogP contribution < -0.4 is 4.72 Å². The number of nitrogens with zero attached hydrogens (tertiary/aromatic N) is 1. The molecule has 1 aromatic rings. The van der Waals surface area contributed by atoms with Gasteiger partial charge in [-0.1, -0.05) is 17.7 Å². The van der Waals surface area contributed by atoms with Gasteiger partial charge in [0.2, 0.25) is 5.92 Å². The quantitative estimate of drug-likeness (QED) is 0.616. The molecule has 1 saturated carbocycles. The maximum absolute atomic E-state index is 13.5. The molecule has 0 radical (unpaired) electrons. The third-order valence-corrected chi connectivity index (χ3v) is 5.97. The Bertz CT molecular complexity index is 573. The van der Waals surface area contributed by atoms with E-state index in [1.165, 1.54) is 0 Å². The Morgan fingerprint density at radius 3 is 2.38 bits per heavy atom. The molecule has 0 amide bonds. The Hall–Kier alpha value is -0.470. The molecule has 8 heteroatoms. The molecular weight excluding hydrogens is 358 g/mol. The maximum Gasteiger partial charge on any atom is 0.248 e. The lowest BCUT2D eigenvalue weighted by Crippen LogP contribution is -2.52. The highest BCUT2D eigenvalue weighted by molar-refractivity contribution is 7.90. The molecular formula is C16H23ClF2N2O2S. The molecule has 1 aliphatic carbocycles. The molecule has 2 N–H and O–H groups in total. The summed E-state index contributed by atoms with van der Waals surface area (Å²) in [6, 6.07) is 4.06. The van der Waals surface area contributed by atoms with Crippen LogP contribution in [-0.2, 0) is 11.4 Å². The summed E-state index contributed by atoms with van der Waals surface area (Å²) in [7, 11) is 0. The molecule has 0 bridgehead atoms. The van der Waals surface area contributed by atoms with Gasteiger partial charge in [-0.2, -0.15) is 0 Å².